The van der Waals surface area contributed by atoms with Crippen LogP contribution in [-0.2, 0) is 2.81 Å². The van der Waals surface area contributed by atoms with Crippen LogP contribution >= 0.6 is 0 Å². The predicted molar refractivity (Wildman–Crippen MR) is 24.4 cm³/mol. The molecule has 0 aliphatic heterocycles. The molecule has 0 aromatic rings. The summed E-state index contributed by atoms with van der Waals surface area (Å²) >= 11 is 0.0556. The molecule has 0 fully saturated rings. The monoisotopic (exact) mass is 576 g/mol. The molecular formula is H5BaBiOPb. The molecule has 0 saturated carbocycles. The molecular weight excluding hydrogens is 570 g/mol. The fraction of sp³-hybridized carbons (Fsp3) is 0. The van der Waals surface area contributed by atoms with Crippen LogP contribution in [0.5, 0.6) is 0 Å². The summed E-state index contributed by atoms with van der Waals surface area (Å²) in [4.78, 5) is 0. The van der Waals surface area contributed by atoms with Gasteiger partial charge in [0.1, 0.15) is 0 Å². The van der Waals surface area contributed by atoms with E-state index in [0.717, 1.165) is 0 Å². The van der Waals surface area contributed by atoms with E-state index in [2.05, 4.69) is 0 Å². The Morgan fingerprint density at radius 2 is 1.50 bits per heavy atom. The van der Waals surface area contributed by atoms with Gasteiger partial charge in [-0.25, -0.2) is 0 Å². The molecule has 0 aliphatic rings. The van der Waals surface area contributed by atoms with E-state index < -0.39 is 0 Å². The van der Waals surface area contributed by atoms with E-state index in [1.807, 2.05) is 0 Å². The summed E-state index contributed by atoms with van der Waals surface area (Å²) in [5.41, 5.74) is 0. The molecule has 4 heteroatoms. The van der Waals surface area contributed by atoms with Crippen LogP contribution in [0.25, 0.3) is 0 Å². The predicted octanol–water partition coefficient (Wildman–Crippen LogP) is -1.84. The second kappa shape index (κ2) is 16.4. The van der Waals surface area contributed by atoms with Gasteiger partial charge in [0.2, 0.25) is 0 Å². The molecule has 0 unspecified atom stereocenters. The molecule has 4 heavy (non-hydrogen) atoms. The third-order valence-electron chi connectivity index (χ3n) is 0. The zero-order valence-corrected chi connectivity index (χ0v) is 16.1. The van der Waals surface area contributed by atoms with Crippen LogP contribution in [0.15, 0.2) is 0 Å². The van der Waals surface area contributed by atoms with Crippen molar-refractivity contribution in [3.05, 3.63) is 0 Å². The second-order valence-electron chi connectivity index (χ2n) is 0. The number of hydrogen-bond donors (Lipinski definition) is 0. The summed E-state index contributed by atoms with van der Waals surface area (Å²) in [5.74, 6) is 0. The second-order valence-corrected chi connectivity index (χ2v) is 0. The van der Waals surface area contributed by atoms with Gasteiger partial charge in [0, 0.05) is 0 Å². The molecule has 0 amide bonds. The van der Waals surface area contributed by atoms with E-state index >= 15 is 0 Å². The zero-order chi connectivity index (χ0) is 2.00. The fourth-order valence-electron chi connectivity index (χ4n) is 0. The van der Waals surface area contributed by atoms with E-state index in [1.165, 1.54) is 0 Å². The maximum atomic E-state index is 8.39. The zero-order valence-electron chi connectivity index (χ0n) is 4.32. The van der Waals surface area contributed by atoms with Gasteiger partial charge in [0.05, 0.1) is 0 Å². The number of rotatable bonds is 0. The van der Waals surface area contributed by atoms with E-state index in [0.29, 0.717) is 0 Å². The minimum absolute atomic E-state index is 0. The Labute approximate surface area is 104 Å². The van der Waals surface area contributed by atoms with Crippen LogP contribution in [0.4, 0.5) is 0 Å². The molecule has 0 aromatic carbocycles. The quantitative estimate of drug-likeness (QED) is 0.311. The van der Waals surface area contributed by atoms with Crippen molar-refractivity contribution in [1.82, 2.24) is 0 Å². The summed E-state index contributed by atoms with van der Waals surface area (Å²) in [7, 11) is 0. The van der Waals surface area contributed by atoms with Gasteiger partial charge in [0.15, 0.2) is 0 Å². The Morgan fingerprint density at radius 1 is 1.50 bits per heavy atom. The van der Waals surface area contributed by atoms with Crippen LogP contribution in [-0.4, -0.2) is 101 Å². The van der Waals surface area contributed by atoms with Crippen LogP contribution in [0, 0.1) is 0 Å². The molecule has 0 heterocycles. The molecule has 0 aliphatic carbocycles. The van der Waals surface area contributed by atoms with Crippen molar-refractivity contribution in [3.63, 3.8) is 0 Å². The first-order valence-corrected chi connectivity index (χ1v) is 1.79. The van der Waals surface area contributed by atoms with Crippen molar-refractivity contribution in [1.29, 1.82) is 0 Å². The fourth-order valence-corrected chi connectivity index (χ4v) is 0. The third kappa shape index (κ3) is 8.95. The van der Waals surface area contributed by atoms with Gasteiger partial charge in [-0.2, -0.15) is 0 Å². The minimum atomic E-state index is 0. The molecule has 0 spiro atoms. The molecule has 0 atom stereocenters. The van der Waals surface area contributed by atoms with E-state index in [1.54, 1.807) is 0 Å². The Hall–Kier alpha value is 3.18. The van der Waals surface area contributed by atoms with Gasteiger partial charge in [-0.1, -0.05) is 0 Å². The van der Waals surface area contributed by atoms with E-state index in [4.69, 9.17) is 2.81 Å². The van der Waals surface area contributed by atoms with Crippen molar-refractivity contribution >= 4 is 101 Å². The Morgan fingerprint density at radius 3 is 1.50 bits per heavy atom. The Kier molecular flexibility index (Phi) is 64.4. The topological polar surface area (TPSA) is 17.1 Å². The summed E-state index contributed by atoms with van der Waals surface area (Å²) in [6.07, 6.45) is 0. The Bertz CT molecular complexity index is 13.5. The number of hydrogen-bond acceptors (Lipinski definition) is 1. The molecule has 22 valence electrons. The molecule has 0 rings (SSSR count). The normalized spacial score (nSPS) is 1.00. The van der Waals surface area contributed by atoms with Gasteiger partial charge in [-0.05, 0) is 0 Å². The van der Waals surface area contributed by atoms with Crippen molar-refractivity contribution in [2.24, 2.45) is 0 Å². The molecule has 2 radical (unpaired) electrons. The van der Waals surface area contributed by atoms with Gasteiger partial charge < -0.3 is 2.85 Å². The first-order valence-electron chi connectivity index (χ1n) is 0.204. The first-order chi connectivity index (χ1) is 1.00. The average molecular weight is 575 g/mol. The van der Waals surface area contributed by atoms with Crippen LogP contribution in [0.2, 0.25) is 0 Å². The standard InChI is InChI=1S/Ba.Bi.O.Pb.5H/q+2;;;;;;;2*-1. The summed E-state index contributed by atoms with van der Waals surface area (Å²) in [5, 5.41) is 0. The van der Waals surface area contributed by atoms with Gasteiger partial charge in [-0.3, -0.25) is 0 Å². The molecule has 1 nitrogen and oxygen atoms in total. The molecule has 0 N–H and O–H groups in total. The molecule has 0 bridgehead atoms. The van der Waals surface area contributed by atoms with Crippen LogP contribution < -0.4 is 0 Å². The summed E-state index contributed by atoms with van der Waals surface area (Å²) in [6, 6.07) is 0. The van der Waals surface area contributed by atoms with Gasteiger partial charge >= 0.3 is 104 Å². The SMILES string of the molecule is [Ba+2].[H-].[H-].[O]=[BiH].[PbH2]. The van der Waals surface area contributed by atoms with Crippen molar-refractivity contribution < 1.29 is 5.67 Å². The van der Waals surface area contributed by atoms with Gasteiger partial charge in [-0.15, -0.1) is 0 Å². The molecule has 0 saturated heterocycles. The van der Waals surface area contributed by atoms with Crippen LogP contribution in [0.3, 0.4) is 0 Å². The van der Waals surface area contributed by atoms with Crippen molar-refractivity contribution in [3.8, 4) is 0 Å². The van der Waals surface area contributed by atoms with Crippen molar-refractivity contribution in [2.45, 2.75) is 0 Å². The van der Waals surface area contributed by atoms with E-state index in [9.17, 15) is 0 Å². The van der Waals surface area contributed by atoms with Crippen LogP contribution in [0.1, 0.15) is 2.85 Å². The van der Waals surface area contributed by atoms with Crippen molar-refractivity contribution in [2.75, 3.05) is 0 Å². The van der Waals surface area contributed by atoms with E-state index in [-0.39, 0.29) is 104 Å². The first kappa shape index (κ1) is 15.7. The third-order valence-corrected chi connectivity index (χ3v) is 0. The summed E-state index contributed by atoms with van der Waals surface area (Å²) < 4.78 is 8.39. The molecule has 0 aromatic heterocycles. The Balaban J connectivity index is -0.000000000833. The summed E-state index contributed by atoms with van der Waals surface area (Å²) in [6.45, 7) is 0. The van der Waals surface area contributed by atoms with Gasteiger partial charge in [0.25, 0.3) is 0 Å². The maximum absolute atomic E-state index is 8.39. The average Bonchev–Trinajstić information content (AvgIpc) is 1.00.